The Kier molecular flexibility index (Phi) is 18.3. The Morgan fingerprint density at radius 2 is 1.71 bits per heavy atom. The highest BCUT2D eigenvalue weighted by atomic mass is 35.5. The molecule has 0 fully saturated rings. The molecule has 2 amide bonds. The third-order valence-corrected chi connectivity index (χ3v) is 6.91. The van der Waals surface area contributed by atoms with Crippen molar-refractivity contribution >= 4 is 24.2 Å². The number of hydrogen-bond donors (Lipinski definition) is 4. The molecule has 1 aromatic rings. The number of amides is 2. The summed E-state index contributed by atoms with van der Waals surface area (Å²) in [6.45, 7) is 11.8. The van der Waals surface area contributed by atoms with E-state index >= 15 is 0 Å². The van der Waals surface area contributed by atoms with Crippen molar-refractivity contribution in [3.05, 3.63) is 29.8 Å². The summed E-state index contributed by atoms with van der Waals surface area (Å²) in [5, 5.41) is 16.5. The molecule has 3 atom stereocenters. The second kappa shape index (κ2) is 19.2. The summed E-state index contributed by atoms with van der Waals surface area (Å²) >= 11 is 0. The van der Waals surface area contributed by atoms with Crippen LogP contribution in [0, 0.1) is 17.3 Å². The molecule has 0 saturated carbocycles. The topological polar surface area (TPSA) is 123 Å². The van der Waals surface area contributed by atoms with Gasteiger partial charge in [0.1, 0.15) is 5.75 Å². The molecule has 0 aliphatic heterocycles. The molecule has 1 aromatic carbocycles. The van der Waals surface area contributed by atoms with Crippen LogP contribution in [0.1, 0.15) is 83.5 Å². The molecule has 0 aliphatic carbocycles. The molecule has 0 radical (unpaired) electrons. The van der Waals surface area contributed by atoms with E-state index in [-0.39, 0.29) is 42.6 Å². The number of nitrogens with two attached hydrogens (primary N) is 1. The Balaban J connectivity index is 0.0000137. The molecule has 0 bridgehead atoms. The minimum atomic E-state index is -0.866. The Morgan fingerprint density at radius 1 is 1.05 bits per heavy atom. The average Bonchev–Trinajstić information content (AvgIpc) is 2.87. The highest BCUT2D eigenvalue weighted by Crippen LogP contribution is 2.24. The minimum absolute atomic E-state index is 0. The van der Waals surface area contributed by atoms with Crippen LogP contribution in [0.15, 0.2) is 24.3 Å². The maximum atomic E-state index is 13.0. The molecule has 5 N–H and O–H groups in total. The first-order valence-electron chi connectivity index (χ1n) is 13.7. The molecule has 220 valence electrons. The number of aliphatic hydroxyl groups excluding tert-OH is 1. The first-order valence-corrected chi connectivity index (χ1v) is 13.7. The van der Waals surface area contributed by atoms with Crippen LogP contribution >= 0.6 is 12.4 Å². The predicted octanol–water partition coefficient (Wildman–Crippen LogP) is 4.33. The highest BCUT2D eigenvalue weighted by molar-refractivity contribution is 5.96. The van der Waals surface area contributed by atoms with Crippen molar-refractivity contribution in [2.45, 2.75) is 85.3 Å². The van der Waals surface area contributed by atoms with Gasteiger partial charge >= 0.3 is 0 Å². The molecule has 0 unspecified atom stereocenters. The maximum Gasteiger partial charge on any atom is 0.255 e. The molecule has 8 nitrogen and oxygen atoms in total. The smallest absolute Gasteiger partial charge is 0.255 e. The lowest BCUT2D eigenvalue weighted by molar-refractivity contribution is -0.130. The van der Waals surface area contributed by atoms with Gasteiger partial charge in [0.25, 0.3) is 5.91 Å². The van der Waals surface area contributed by atoms with Gasteiger partial charge in [0.15, 0.2) is 0 Å². The monoisotopic (exact) mass is 557 g/mol. The Morgan fingerprint density at radius 3 is 2.34 bits per heavy atom. The van der Waals surface area contributed by atoms with E-state index in [4.69, 9.17) is 15.2 Å². The first kappa shape index (κ1) is 36.1. The maximum absolute atomic E-state index is 13.0. The van der Waals surface area contributed by atoms with Gasteiger partial charge in [-0.2, -0.15) is 0 Å². The van der Waals surface area contributed by atoms with Crippen LogP contribution < -0.4 is 21.1 Å². The average molecular weight is 558 g/mol. The van der Waals surface area contributed by atoms with Crippen LogP contribution in [0.5, 0.6) is 5.75 Å². The molecule has 9 heteroatoms. The number of carbonyl (C=O) groups excluding carboxylic acids is 2. The SMILES string of the molecule is CCCCC(C)(C)C(=O)NC[C@H](O)[C@@H](N)C[C@H](CNC(=O)c1ccccc1OCCCCOC)C(C)C.Cl. The first-order chi connectivity index (χ1) is 17.5. The van der Waals surface area contributed by atoms with Crippen molar-refractivity contribution < 1.29 is 24.2 Å². The Bertz CT molecular complexity index is 806. The quantitative estimate of drug-likeness (QED) is 0.188. The number of rotatable bonds is 19. The molecular formula is C29H52ClN3O5. The summed E-state index contributed by atoms with van der Waals surface area (Å²) in [5.41, 5.74) is 6.34. The van der Waals surface area contributed by atoms with E-state index in [0.29, 0.717) is 37.5 Å². The van der Waals surface area contributed by atoms with E-state index in [9.17, 15) is 14.7 Å². The number of halogens is 1. The van der Waals surface area contributed by atoms with Crippen LogP contribution in [-0.4, -0.2) is 62.5 Å². The van der Waals surface area contributed by atoms with Crippen LogP contribution in [0.3, 0.4) is 0 Å². The number of carbonyl (C=O) groups is 2. The number of benzene rings is 1. The van der Waals surface area contributed by atoms with E-state index in [0.717, 1.165) is 32.1 Å². The van der Waals surface area contributed by atoms with Crippen molar-refractivity contribution in [3.63, 3.8) is 0 Å². The normalized spacial score (nSPS) is 13.8. The molecular weight excluding hydrogens is 506 g/mol. The van der Waals surface area contributed by atoms with Gasteiger partial charge < -0.3 is 30.9 Å². The largest absolute Gasteiger partial charge is 0.493 e. The van der Waals surface area contributed by atoms with Crippen LogP contribution in [0.2, 0.25) is 0 Å². The lowest BCUT2D eigenvalue weighted by atomic mass is 9.85. The van der Waals surface area contributed by atoms with Gasteiger partial charge in [-0.3, -0.25) is 9.59 Å². The Hall–Kier alpha value is -1.87. The second-order valence-corrected chi connectivity index (χ2v) is 10.9. The molecule has 0 heterocycles. The molecule has 0 spiro atoms. The summed E-state index contributed by atoms with van der Waals surface area (Å²) in [5.74, 6) is 0.595. The third kappa shape index (κ3) is 13.3. The second-order valence-electron chi connectivity index (χ2n) is 10.9. The number of nitrogens with one attached hydrogen (secondary N) is 2. The number of hydrogen-bond acceptors (Lipinski definition) is 6. The predicted molar refractivity (Wildman–Crippen MR) is 156 cm³/mol. The van der Waals surface area contributed by atoms with Gasteiger partial charge in [-0.25, -0.2) is 0 Å². The van der Waals surface area contributed by atoms with Gasteiger partial charge in [-0.05, 0) is 49.7 Å². The van der Waals surface area contributed by atoms with E-state index in [1.165, 1.54) is 0 Å². The van der Waals surface area contributed by atoms with E-state index in [2.05, 4.69) is 31.4 Å². The molecule has 1 rings (SSSR count). The van der Waals surface area contributed by atoms with Crippen molar-refractivity contribution in [1.82, 2.24) is 10.6 Å². The van der Waals surface area contributed by atoms with Crippen molar-refractivity contribution in [2.75, 3.05) is 33.4 Å². The van der Waals surface area contributed by atoms with Crippen molar-refractivity contribution in [2.24, 2.45) is 23.0 Å². The van der Waals surface area contributed by atoms with Crippen LogP contribution in [0.25, 0.3) is 0 Å². The lowest BCUT2D eigenvalue weighted by Crippen LogP contribution is -2.48. The highest BCUT2D eigenvalue weighted by Gasteiger charge is 2.28. The third-order valence-electron chi connectivity index (χ3n) is 6.91. The van der Waals surface area contributed by atoms with Gasteiger partial charge in [-0.1, -0.05) is 59.6 Å². The van der Waals surface area contributed by atoms with Gasteiger partial charge in [0.2, 0.25) is 5.91 Å². The fourth-order valence-electron chi connectivity index (χ4n) is 4.05. The van der Waals surface area contributed by atoms with Crippen molar-refractivity contribution in [3.8, 4) is 5.75 Å². The van der Waals surface area contributed by atoms with Crippen LogP contribution in [-0.2, 0) is 9.53 Å². The van der Waals surface area contributed by atoms with Crippen molar-refractivity contribution in [1.29, 1.82) is 0 Å². The fraction of sp³-hybridized carbons (Fsp3) is 0.724. The standard InChI is InChI=1S/C29H51N3O5.ClH/c1-7-8-15-29(4,5)28(35)32-20-25(33)24(30)18-22(21(2)3)19-31-27(34)23-13-9-10-14-26(23)37-17-12-11-16-36-6;/h9-10,13-14,21-22,24-25,33H,7-8,11-12,15-20,30H2,1-6H3,(H,31,34)(H,32,35);1H/t22-,24+,25+;/m1./s1. The number of unbranched alkanes of at least 4 members (excludes halogenated alkanes) is 2. The van der Waals surface area contributed by atoms with Crippen LogP contribution in [0.4, 0.5) is 0 Å². The minimum Gasteiger partial charge on any atom is -0.493 e. The molecule has 38 heavy (non-hydrogen) atoms. The molecule has 0 aliphatic rings. The zero-order valence-electron chi connectivity index (χ0n) is 24.3. The summed E-state index contributed by atoms with van der Waals surface area (Å²) in [6, 6.07) is 6.70. The number of methoxy groups -OCH3 is 1. The summed E-state index contributed by atoms with van der Waals surface area (Å²) in [6.07, 6.45) is 4.21. The fourth-order valence-corrected chi connectivity index (χ4v) is 4.05. The Labute approximate surface area is 236 Å². The summed E-state index contributed by atoms with van der Waals surface area (Å²) in [4.78, 5) is 25.5. The number of aliphatic hydroxyl groups is 1. The van der Waals surface area contributed by atoms with Gasteiger partial charge in [0.05, 0.1) is 18.3 Å². The molecule has 0 saturated heterocycles. The van der Waals surface area contributed by atoms with Gasteiger partial charge in [-0.15, -0.1) is 12.4 Å². The summed E-state index contributed by atoms with van der Waals surface area (Å²) in [7, 11) is 1.67. The van der Waals surface area contributed by atoms with E-state index in [1.807, 2.05) is 26.0 Å². The van der Waals surface area contributed by atoms with Gasteiger partial charge in [0, 0.05) is 38.3 Å². The van der Waals surface area contributed by atoms with E-state index in [1.54, 1.807) is 19.2 Å². The lowest BCUT2D eigenvalue weighted by Gasteiger charge is -2.29. The molecule has 0 aromatic heterocycles. The van der Waals surface area contributed by atoms with E-state index < -0.39 is 17.6 Å². The zero-order valence-corrected chi connectivity index (χ0v) is 25.1. The summed E-state index contributed by atoms with van der Waals surface area (Å²) < 4.78 is 10.9. The zero-order chi connectivity index (χ0) is 27.8. The number of ether oxygens (including phenoxy) is 2. The number of para-hydroxylation sites is 1.